The Morgan fingerprint density at radius 1 is 1.73 bits per heavy atom. The maximum atomic E-state index is 10.0. The molecule has 0 aromatic carbocycles. The maximum Gasteiger partial charge on any atom is 1.00 e. The first-order valence-electron chi connectivity index (χ1n) is 3.24. The number of carboxylic acid groups (broad SMARTS) is 1. The summed E-state index contributed by atoms with van der Waals surface area (Å²) in [6.45, 7) is 1.84. The third-order valence-corrected chi connectivity index (χ3v) is 1.27. The fourth-order valence-electron chi connectivity index (χ4n) is 0.632. The van der Waals surface area contributed by atoms with E-state index in [1.165, 1.54) is 0 Å². The zero-order valence-electron chi connectivity index (χ0n) is 6.91. The van der Waals surface area contributed by atoms with Gasteiger partial charge in [-0.05, 0) is 6.42 Å². The Bertz CT molecular complexity index is 120. The van der Waals surface area contributed by atoms with E-state index >= 15 is 0 Å². The Hall–Kier alpha value is 0.390. The van der Waals surface area contributed by atoms with Gasteiger partial charge in [-0.2, -0.15) is 0 Å². The van der Waals surface area contributed by atoms with E-state index in [-0.39, 0.29) is 29.6 Å². The summed E-state index contributed by atoms with van der Waals surface area (Å²) in [6.07, 6.45) is 0.132. The van der Waals surface area contributed by atoms with Crippen molar-refractivity contribution in [2.24, 2.45) is 5.73 Å². The van der Waals surface area contributed by atoms with Gasteiger partial charge in [0.2, 0.25) is 0 Å². The number of aliphatic hydroxyl groups is 1. The summed E-state index contributed by atoms with van der Waals surface area (Å²) in [6, 6.07) is -1.25. The maximum absolute atomic E-state index is 10.0. The van der Waals surface area contributed by atoms with Crippen molar-refractivity contribution in [2.45, 2.75) is 31.9 Å². The fourth-order valence-corrected chi connectivity index (χ4v) is 0.632. The molecule has 0 aliphatic carbocycles. The van der Waals surface area contributed by atoms with E-state index in [0.29, 0.717) is 12.8 Å². The molecule has 0 amide bonds. The molecular formula is C6H12NNaO3. The number of aliphatic carboxylic acids is 1. The van der Waals surface area contributed by atoms with Crippen LogP contribution < -0.4 is 40.4 Å². The molecule has 0 aromatic rings. The van der Waals surface area contributed by atoms with Crippen LogP contribution in [0.4, 0.5) is 0 Å². The minimum atomic E-state index is -1.40. The molecule has 0 rings (SSSR count). The Morgan fingerprint density at radius 3 is 2.45 bits per heavy atom. The molecule has 0 aromatic heterocycles. The third-order valence-electron chi connectivity index (χ3n) is 1.27. The van der Waals surface area contributed by atoms with Crippen LogP contribution in [0.3, 0.4) is 0 Å². The van der Waals surface area contributed by atoms with Crippen LogP contribution in [0.15, 0.2) is 0 Å². The number of hydrogen-bond donors (Lipinski definition) is 2. The van der Waals surface area contributed by atoms with Gasteiger partial charge in [0, 0.05) is 0 Å². The average Bonchev–Trinajstić information content (AvgIpc) is 1.87. The van der Waals surface area contributed by atoms with Crippen LogP contribution in [0, 0.1) is 0 Å². The topological polar surface area (TPSA) is 86.4 Å². The van der Waals surface area contributed by atoms with Crippen molar-refractivity contribution in [3.63, 3.8) is 0 Å². The Balaban J connectivity index is 0. The second-order valence-electron chi connectivity index (χ2n) is 2.20. The van der Waals surface area contributed by atoms with E-state index in [1.807, 2.05) is 6.92 Å². The van der Waals surface area contributed by atoms with Crippen molar-refractivity contribution in [3.05, 3.63) is 0 Å². The molecule has 0 saturated heterocycles. The molecule has 4 nitrogen and oxygen atoms in total. The van der Waals surface area contributed by atoms with Crippen molar-refractivity contribution in [1.29, 1.82) is 0 Å². The minimum absolute atomic E-state index is 0. The number of aliphatic hydroxyl groups excluding tert-OH is 1. The van der Waals surface area contributed by atoms with E-state index < -0.39 is 18.1 Å². The fraction of sp³-hybridized carbons (Fsp3) is 0.833. The zero-order chi connectivity index (χ0) is 8.15. The van der Waals surface area contributed by atoms with Gasteiger partial charge in [0.15, 0.2) is 0 Å². The van der Waals surface area contributed by atoms with Crippen LogP contribution in [-0.2, 0) is 4.79 Å². The number of nitrogens with two attached hydrogens (primary N) is 1. The van der Waals surface area contributed by atoms with Crippen molar-refractivity contribution in [3.8, 4) is 0 Å². The van der Waals surface area contributed by atoms with Gasteiger partial charge in [-0.3, -0.25) is 0 Å². The molecule has 60 valence electrons. The first kappa shape index (κ1) is 13.9. The second-order valence-corrected chi connectivity index (χ2v) is 2.20. The molecule has 2 atom stereocenters. The van der Waals surface area contributed by atoms with Crippen molar-refractivity contribution in [1.82, 2.24) is 0 Å². The molecule has 0 heterocycles. The van der Waals surface area contributed by atoms with Crippen molar-refractivity contribution >= 4 is 5.97 Å². The number of carbonyl (C=O) groups excluding carboxylic acids is 1. The molecular weight excluding hydrogens is 157 g/mol. The molecule has 0 aliphatic rings. The quantitative estimate of drug-likeness (QED) is 0.414. The van der Waals surface area contributed by atoms with Gasteiger partial charge in [0.1, 0.15) is 0 Å². The number of carboxylic acids is 1. The normalized spacial score (nSPS) is 14.8. The molecule has 5 heteroatoms. The van der Waals surface area contributed by atoms with E-state index in [1.54, 1.807) is 0 Å². The van der Waals surface area contributed by atoms with E-state index in [0.717, 1.165) is 0 Å². The van der Waals surface area contributed by atoms with Crippen LogP contribution in [0.1, 0.15) is 19.8 Å². The summed E-state index contributed by atoms with van der Waals surface area (Å²) in [5.41, 5.74) is 5.03. The van der Waals surface area contributed by atoms with Crippen LogP contribution >= 0.6 is 0 Å². The van der Waals surface area contributed by atoms with Gasteiger partial charge in [-0.15, -0.1) is 0 Å². The summed E-state index contributed by atoms with van der Waals surface area (Å²) in [4.78, 5) is 10.0. The monoisotopic (exact) mass is 169 g/mol. The van der Waals surface area contributed by atoms with Crippen LogP contribution in [0.25, 0.3) is 0 Å². The van der Waals surface area contributed by atoms with E-state index in [2.05, 4.69) is 0 Å². The zero-order valence-corrected chi connectivity index (χ0v) is 8.91. The summed E-state index contributed by atoms with van der Waals surface area (Å²) < 4.78 is 0. The van der Waals surface area contributed by atoms with Gasteiger partial charge < -0.3 is 20.7 Å². The Morgan fingerprint density at radius 2 is 2.18 bits per heavy atom. The molecule has 3 N–H and O–H groups in total. The predicted octanol–water partition coefficient (Wildman–Crippen LogP) is -4.77. The minimum Gasteiger partial charge on any atom is -0.548 e. The number of hydrogen-bond acceptors (Lipinski definition) is 4. The Kier molecular flexibility index (Phi) is 8.95. The molecule has 0 aliphatic heterocycles. The van der Waals surface area contributed by atoms with Gasteiger partial charge in [0.05, 0.1) is 18.1 Å². The van der Waals surface area contributed by atoms with Gasteiger partial charge >= 0.3 is 29.6 Å². The Labute approximate surface area is 88.1 Å². The molecule has 0 spiro atoms. The van der Waals surface area contributed by atoms with Crippen LogP contribution in [0.2, 0.25) is 0 Å². The summed E-state index contributed by atoms with van der Waals surface area (Å²) in [5, 5.41) is 19.0. The molecule has 0 bridgehead atoms. The van der Waals surface area contributed by atoms with Gasteiger partial charge in [-0.1, -0.05) is 13.3 Å². The first-order chi connectivity index (χ1) is 4.59. The number of rotatable bonds is 4. The van der Waals surface area contributed by atoms with Crippen LogP contribution in [-0.4, -0.2) is 23.2 Å². The second kappa shape index (κ2) is 7.06. The predicted molar refractivity (Wildman–Crippen MR) is 33.9 cm³/mol. The van der Waals surface area contributed by atoms with E-state index in [9.17, 15) is 9.90 Å². The molecule has 0 unspecified atom stereocenters. The third kappa shape index (κ3) is 5.64. The van der Waals surface area contributed by atoms with E-state index in [4.69, 9.17) is 10.8 Å². The van der Waals surface area contributed by atoms with Gasteiger partial charge in [0.25, 0.3) is 0 Å². The van der Waals surface area contributed by atoms with Crippen LogP contribution in [0.5, 0.6) is 0 Å². The largest absolute Gasteiger partial charge is 1.00 e. The first-order valence-corrected chi connectivity index (χ1v) is 3.24. The van der Waals surface area contributed by atoms with Gasteiger partial charge in [-0.25, -0.2) is 0 Å². The summed E-state index contributed by atoms with van der Waals surface area (Å²) in [7, 11) is 0. The SMILES string of the molecule is CCC[C@@H](O)[C@H](N)C(=O)[O-].[Na+]. The number of carbonyl (C=O) groups is 1. The molecule has 0 fully saturated rings. The molecule has 0 radical (unpaired) electrons. The van der Waals surface area contributed by atoms with Crippen molar-refractivity contribution in [2.75, 3.05) is 0 Å². The molecule has 0 saturated carbocycles. The van der Waals surface area contributed by atoms with Crippen molar-refractivity contribution < 1.29 is 44.6 Å². The standard InChI is InChI=1S/C6H13NO3.Na/c1-2-3-4(8)5(7)6(9)10;/h4-5,8H,2-3,7H2,1H3,(H,9,10);/q;+1/p-1/t4-,5+;/m1./s1. The summed E-state index contributed by atoms with van der Waals surface area (Å²) in [5.74, 6) is -1.40. The molecule has 11 heavy (non-hydrogen) atoms. The summed E-state index contributed by atoms with van der Waals surface area (Å²) >= 11 is 0. The average molecular weight is 169 g/mol. The smallest absolute Gasteiger partial charge is 0.548 e.